The largest absolute Gasteiger partial charge is 0.378 e. The zero-order chi connectivity index (χ0) is 7.24. The van der Waals surface area contributed by atoms with Crippen LogP contribution < -0.4 is 5.73 Å². The van der Waals surface area contributed by atoms with Crippen molar-refractivity contribution in [1.29, 1.82) is 0 Å². The first kappa shape index (κ1) is 9.30. The number of methoxy groups -OCH3 is 1. The summed E-state index contributed by atoms with van der Waals surface area (Å²) in [6.45, 7) is 0. The van der Waals surface area contributed by atoms with Gasteiger partial charge >= 0.3 is 0 Å². The molecule has 11 heavy (non-hydrogen) atoms. The molecule has 0 aromatic heterocycles. The van der Waals surface area contributed by atoms with Crippen molar-refractivity contribution in [3.8, 4) is 0 Å². The molecule has 2 N–H and O–H groups in total. The lowest BCUT2D eigenvalue weighted by Crippen LogP contribution is -2.33. The predicted molar refractivity (Wildman–Crippen MR) is 47.0 cm³/mol. The van der Waals surface area contributed by atoms with E-state index in [1.165, 1.54) is 25.7 Å². The van der Waals surface area contributed by atoms with Crippen molar-refractivity contribution >= 4 is 12.4 Å². The molecule has 2 fully saturated rings. The molecule has 2 aliphatic rings. The summed E-state index contributed by atoms with van der Waals surface area (Å²) in [6.07, 6.45) is 5.79. The van der Waals surface area contributed by atoms with Crippen LogP contribution in [0.5, 0.6) is 0 Å². The van der Waals surface area contributed by atoms with Crippen molar-refractivity contribution in [1.82, 2.24) is 0 Å². The van der Waals surface area contributed by atoms with Crippen molar-refractivity contribution in [2.45, 2.75) is 43.2 Å². The van der Waals surface area contributed by atoms with Crippen LogP contribution in [0.1, 0.15) is 32.1 Å². The second-order valence-electron chi connectivity index (χ2n) is 3.93. The van der Waals surface area contributed by atoms with E-state index in [0.29, 0.717) is 0 Å². The summed E-state index contributed by atoms with van der Waals surface area (Å²) in [5.74, 6) is 0. The third kappa shape index (κ3) is 1.28. The van der Waals surface area contributed by atoms with Gasteiger partial charge in [0, 0.05) is 12.6 Å². The van der Waals surface area contributed by atoms with Gasteiger partial charge in [0.25, 0.3) is 0 Å². The molecule has 0 spiro atoms. The molecule has 2 bridgehead atoms. The van der Waals surface area contributed by atoms with Crippen LogP contribution in [0.2, 0.25) is 0 Å². The SMILES string of the molecule is COC12CCC(N)(CC1)C2.Cl. The summed E-state index contributed by atoms with van der Waals surface area (Å²) in [5, 5.41) is 0. The quantitative estimate of drug-likeness (QED) is 0.659. The van der Waals surface area contributed by atoms with Crippen molar-refractivity contribution in [3.05, 3.63) is 0 Å². The van der Waals surface area contributed by atoms with Gasteiger partial charge in [0.1, 0.15) is 0 Å². The number of ether oxygens (including phenoxy) is 1. The number of fused-ring (bicyclic) bond motifs is 2. The van der Waals surface area contributed by atoms with Crippen LogP contribution in [0.15, 0.2) is 0 Å². The van der Waals surface area contributed by atoms with Crippen LogP contribution in [0.3, 0.4) is 0 Å². The summed E-state index contributed by atoms with van der Waals surface area (Å²) in [7, 11) is 1.82. The number of hydrogen-bond acceptors (Lipinski definition) is 2. The Bertz CT molecular complexity index is 152. The van der Waals surface area contributed by atoms with E-state index < -0.39 is 0 Å². The molecule has 0 aromatic rings. The summed E-state index contributed by atoms with van der Waals surface area (Å²) >= 11 is 0. The van der Waals surface area contributed by atoms with E-state index in [9.17, 15) is 0 Å². The zero-order valence-electron chi connectivity index (χ0n) is 6.93. The van der Waals surface area contributed by atoms with E-state index in [2.05, 4.69) is 0 Å². The monoisotopic (exact) mass is 177 g/mol. The Morgan fingerprint density at radius 2 is 1.73 bits per heavy atom. The number of nitrogens with two attached hydrogens (primary N) is 1. The van der Waals surface area contributed by atoms with Gasteiger partial charge in [-0.1, -0.05) is 0 Å². The van der Waals surface area contributed by atoms with E-state index in [-0.39, 0.29) is 23.5 Å². The second kappa shape index (κ2) is 2.61. The maximum Gasteiger partial charge on any atom is 0.0697 e. The maximum absolute atomic E-state index is 6.08. The number of rotatable bonds is 1. The molecule has 0 radical (unpaired) electrons. The first-order valence-electron chi connectivity index (χ1n) is 4.02. The molecular formula is C8H16ClNO. The van der Waals surface area contributed by atoms with E-state index in [4.69, 9.17) is 10.5 Å². The average molecular weight is 178 g/mol. The highest BCUT2D eigenvalue weighted by molar-refractivity contribution is 5.85. The van der Waals surface area contributed by atoms with Crippen LogP contribution in [-0.4, -0.2) is 18.2 Å². The molecule has 0 heterocycles. The van der Waals surface area contributed by atoms with E-state index in [1.54, 1.807) is 0 Å². The van der Waals surface area contributed by atoms with Crippen LogP contribution in [0.25, 0.3) is 0 Å². The van der Waals surface area contributed by atoms with Crippen molar-refractivity contribution < 1.29 is 4.74 Å². The Hall–Kier alpha value is 0.210. The lowest BCUT2D eigenvalue weighted by atomic mass is 9.94. The van der Waals surface area contributed by atoms with Crippen LogP contribution in [0.4, 0.5) is 0 Å². The molecule has 2 rings (SSSR count). The van der Waals surface area contributed by atoms with Gasteiger partial charge in [0.15, 0.2) is 0 Å². The maximum atomic E-state index is 6.08. The molecule has 0 saturated heterocycles. The molecule has 3 heteroatoms. The molecule has 0 aliphatic heterocycles. The zero-order valence-corrected chi connectivity index (χ0v) is 7.75. The van der Waals surface area contributed by atoms with Crippen molar-refractivity contribution in [2.75, 3.05) is 7.11 Å². The fraction of sp³-hybridized carbons (Fsp3) is 1.00. The average Bonchev–Trinajstić information content (AvgIpc) is 2.42. The highest BCUT2D eigenvalue weighted by Gasteiger charge is 2.52. The predicted octanol–water partition coefficient (Wildman–Crippen LogP) is 1.47. The van der Waals surface area contributed by atoms with Crippen molar-refractivity contribution in [2.24, 2.45) is 5.73 Å². The lowest BCUT2D eigenvalue weighted by Gasteiger charge is -2.24. The highest BCUT2D eigenvalue weighted by Crippen LogP contribution is 2.50. The first-order valence-corrected chi connectivity index (χ1v) is 4.02. The summed E-state index contributed by atoms with van der Waals surface area (Å²) < 4.78 is 5.47. The Morgan fingerprint density at radius 3 is 1.91 bits per heavy atom. The van der Waals surface area contributed by atoms with E-state index >= 15 is 0 Å². The third-order valence-electron chi connectivity index (χ3n) is 3.26. The summed E-state index contributed by atoms with van der Waals surface area (Å²) in [6, 6.07) is 0. The highest BCUT2D eigenvalue weighted by atomic mass is 35.5. The van der Waals surface area contributed by atoms with Crippen molar-refractivity contribution in [3.63, 3.8) is 0 Å². The van der Waals surface area contributed by atoms with Gasteiger partial charge in [0.2, 0.25) is 0 Å². The molecule has 0 atom stereocenters. The normalized spacial score (nSPS) is 47.5. The summed E-state index contributed by atoms with van der Waals surface area (Å²) in [4.78, 5) is 0. The standard InChI is InChI=1S/C8H15NO.ClH/c1-10-8-4-2-7(9,6-8)3-5-8;/h2-6,9H2,1H3;1H. The van der Waals surface area contributed by atoms with Gasteiger partial charge in [0.05, 0.1) is 5.60 Å². The Balaban J connectivity index is 0.000000605. The topological polar surface area (TPSA) is 35.2 Å². The van der Waals surface area contributed by atoms with Gasteiger partial charge in [-0.2, -0.15) is 0 Å². The minimum atomic E-state index is 0. The smallest absolute Gasteiger partial charge is 0.0697 e. The van der Waals surface area contributed by atoms with Gasteiger partial charge < -0.3 is 10.5 Å². The third-order valence-corrected chi connectivity index (χ3v) is 3.26. The van der Waals surface area contributed by atoms with Crippen LogP contribution >= 0.6 is 12.4 Å². The first-order chi connectivity index (χ1) is 4.68. The van der Waals surface area contributed by atoms with Gasteiger partial charge in [-0.05, 0) is 32.1 Å². The van der Waals surface area contributed by atoms with Gasteiger partial charge in [-0.15, -0.1) is 12.4 Å². The molecule has 2 nitrogen and oxygen atoms in total. The minimum absolute atomic E-state index is 0. The lowest BCUT2D eigenvalue weighted by molar-refractivity contribution is -0.000298. The van der Waals surface area contributed by atoms with Gasteiger partial charge in [-0.3, -0.25) is 0 Å². The van der Waals surface area contributed by atoms with Gasteiger partial charge in [-0.25, -0.2) is 0 Å². The fourth-order valence-corrected chi connectivity index (χ4v) is 2.47. The molecule has 0 amide bonds. The molecule has 0 aromatic carbocycles. The number of halogens is 1. The molecule has 2 aliphatic carbocycles. The van der Waals surface area contributed by atoms with Crippen LogP contribution in [-0.2, 0) is 4.74 Å². The molecule has 0 unspecified atom stereocenters. The minimum Gasteiger partial charge on any atom is -0.378 e. The Labute approximate surface area is 73.9 Å². The molecule has 2 saturated carbocycles. The van der Waals surface area contributed by atoms with E-state index in [0.717, 1.165) is 6.42 Å². The Kier molecular flexibility index (Phi) is 2.21. The second-order valence-corrected chi connectivity index (χ2v) is 3.93. The molecular weight excluding hydrogens is 162 g/mol. The van der Waals surface area contributed by atoms with Crippen LogP contribution in [0, 0.1) is 0 Å². The summed E-state index contributed by atoms with van der Waals surface area (Å²) in [5.41, 5.74) is 6.42. The Morgan fingerprint density at radius 1 is 1.18 bits per heavy atom. The number of hydrogen-bond donors (Lipinski definition) is 1. The fourth-order valence-electron chi connectivity index (χ4n) is 2.47. The molecule has 66 valence electrons. The van der Waals surface area contributed by atoms with E-state index in [1.807, 2.05) is 7.11 Å².